The van der Waals surface area contributed by atoms with E-state index >= 15 is 0 Å². The van der Waals surface area contributed by atoms with Gasteiger partial charge in [0.2, 0.25) is 0 Å². The third-order valence-electron chi connectivity index (χ3n) is 8.43. The van der Waals surface area contributed by atoms with Crippen molar-refractivity contribution in [1.29, 1.82) is 0 Å². The first-order chi connectivity index (χ1) is 11.5. The predicted octanol–water partition coefficient (Wildman–Crippen LogP) is 2.82. The van der Waals surface area contributed by atoms with Crippen LogP contribution in [0.5, 0.6) is 0 Å². The molecule has 4 rings (SSSR count). The summed E-state index contributed by atoms with van der Waals surface area (Å²) < 4.78 is 5.61. The fourth-order valence-electron chi connectivity index (χ4n) is 6.33. The lowest BCUT2D eigenvalue weighted by Gasteiger charge is -2.64. The molecule has 4 nitrogen and oxygen atoms in total. The minimum Gasteiger partial charge on any atom is -0.392 e. The largest absolute Gasteiger partial charge is 0.392 e. The molecule has 142 valence electrons. The van der Waals surface area contributed by atoms with Gasteiger partial charge < -0.3 is 20.1 Å². The van der Waals surface area contributed by atoms with Crippen LogP contribution in [-0.4, -0.2) is 49.8 Å². The van der Waals surface area contributed by atoms with Crippen LogP contribution < -0.4 is 0 Å². The van der Waals surface area contributed by atoms with Crippen molar-refractivity contribution in [3.63, 3.8) is 0 Å². The highest BCUT2D eigenvalue weighted by Crippen LogP contribution is 2.62. The van der Waals surface area contributed by atoms with Crippen molar-refractivity contribution in [3.8, 4) is 0 Å². The first-order valence-electron chi connectivity index (χ1n) is 9.58. The SMILES string of the molecule is CC1=C2[C@@H](I)[C@H](O)[C@@]3(C)C(C[C@](O)(CC1)C2(C)C)[C@@H]1COC1C[C@@H]3O. The highest BCUT2D eigenvalue weighted by Gasteiger charge is 2.65. The minimum absolute atomic E-state index is 0.0755. The number of aliphatic hydroxyl groups is 3. The van der Waals surface area contributed by atoms with Crippen LogP contribution in [-0.2, 0) is 4.74 Å². The van der Waals surface area contributed by atoms with Gasteiger partial charge in [0.15, 0.2) is 0 Å². The molecule has 8 atom stereocenters. The molecule has 2 saturated carbocycles. The number of halogens is 1. The van der Waals surface area contributed by atoms with Crippen molar-refractivity contribution in [1.82, 2.24) is 0 Å². The maximum Gasteiger partial charge on any atom is 0.0776 e. The van der Waals surface area contributed by atoms with Crippen LogP contribution in [0.15, 0.2) is 11.1 Å². The number of hydrogen-bond acceptors (Lipinski definition) is 4. The summed E-state index contributed by atoms with van der Waals surface area (Å²) in [5.41, 5.74) is 0.712. The third kappa shape index (κ3) is 2.25. The van der Waals surface area contributed by atoms with Crippen molar-refractivity contribution in [3.05, 3.63) is 11.1 Å². The van der Waals surface area contributed by atoms with Gasteiger partial charge >= 0.3 is 0 Å². The quantitative estimate of drug-likeness (QED) is 0.294. The Kier molecular flexibility index (Phi) is 4.23. The fourth-order valence-corrected chi connectivity index (χ4v) is 8.42. The molecule has 0 spiro atoms. The van der Waals surface area contributed by atoms with Gasteiger partial charge in [0.05, 0.1) is 34.4 Å². The molecule has 2 unspecified atom stereocenters. The second-order valence-electron chi connectivity index (χ2n) is 9.66. The summed E-state index contributed by atoms with van der Waals surface area (Å²) in [6.45, 7) is 9.15. The standard InChI is InChI=1S/C20H31IO4/c1-10-5-6-20(24)8-12-11-9-25-13(11)7-14(22)19(12,4)17(23)16(21)15(10)18(20,2)3/h11-14,16-17,22-24H,5-9H2,1-4H3/t11-,12?,13?,14-,16+,17-,19-,20+/m0/s1. The summed E-state index contributed by atoms with van der Waals surface area (Å²) in [4.78, 5) is 0. The molecular formula is C20H31IO4. The third-order valence-corrected chi connectivity index (χ3v) is 9.73. The molecule has 0 aromatic rings. The molecule has 25 heavy (non-hydrogen) atoms. The predicted molar refractivity (Wildman–Crippen MR) is 105 cm³/mol. The molecule has 3 N–H and O–H groups in total. The van der Waals surface area contributed by atoms with E-state index in [9.17, 15) is 15.3 Å². The van der Waals surface area contributed by atoms with E-state index in [1.54, 1.807) is 0 Å². The van der Waals surface area contributed by atoms with E-state index < -0.39 is 23.2 Å². The second kappa shape index (κ2) is 5.66. The number of alkyl halides is 1. The van der Waals surface area contributed by atoms with E-state index in [1.165, 1.54) is 11.1 Å². The van der Waals surface area contributed by atoms with Gasteiger partial charge in [0.1, 0.15) is 0 Å². The minimum atomic E-state index is -0.797. The lowest BCUT2D eigenvalue weighted by molar-refractivity contribution is -0.261. The number of aliphatic hydroxyl groups excluding tert-OH is 2. The molecule has 1 saturated heterocycles. The summed E-state index contributed by atoms with van der Waals surface area (Å²) in [7, 11) is 0. The Morgan fingerprint density at radius 3 is 2.48 bits per heavy atom. The molecule has 5 heteroatoms. The van der Waals surface area contributed by atoms with Crippen LogP contribution in [0.2, 0.25) is 0 Å². The van der Waals surface area contributed by atoms with Crippen LogP contribution in [0.25, 0.3) is 0 Å². The highest BCUT2D eigenvalue weighted by atomic mass is 127. The summed E-state index contributed by atoms with van der Waals surface area (Å²) in [6.07, 6.45) is 1.74. The van der Waals surface area contributed by atoms with Crippen molar-refractivity contribution in [2.24, 2.45) is 22.7 Å². The van der Waals surface area contributed by atoms with Crippen LogP contribution in [0.3, 0.4) is 0 Å². The normalized spacial score (nSPS) is 54.7. The van der Waals surface area contributed by atoms with Crippen LogP contribution >= 0.6 is 22.6 Å². The highest BCUT2D eigenvalue weighted by molar-refractivity contribution is 14.1. The van der Waals surface area contributed by atoms with Crippen molar-refractivity contribution in [2.75, 3.05) is 6.61 Å². The van der Waals surface area contributed by atoms with Gasteiger partial charge in [-0.2, -0.15) is 0 Å². The number of hydrogen-bond donors (Lipinski definition) is 3. The molecule has 3 aliphatic carbocycles. The monoisotopic (exact) mass is 462 g/mol. The molecule has 0 radical (unpaired) electrons. The Hall–Kier alpha value is 0.310. The molecule has 2 bridgehead atoms. The molecule has 0 amide bonds. The van der Waals surface area contributed by atoms with Gasteiger partial charge in [0, 0.05) is 23.2 Å². The first-order valence-corrected chi connectivity index (χ1v) is 10.8. The zero-order valence-electron chi connectivity index (χ0n) is 15.6. The summed E-state index contributed by atoms with van der Waals surface area (Å²) in [5.74, 6) is 0.409. The van der Waals surface area contributed by atoms with E-state index in [0.29, 0.717) is 25.4 Å². The van der Waals surface area contributed by atoms with E-state index in [-0.39, 0.29) is 21.4 Å². The topological polar surface area (TPSA) is 69.9 Å². The van der Waals surface area contributed by atoms with Crippen LogP contribution in [0.4, 0.5) is 0 Å². The van der Waals surface area contributed by atoms with Gasteiger partial charge in [-0.3, -0.25) is 0 Å². The summed E-state index contributed by atoms with van der Waals surface area (Å²) in [6, 6.07) is 0. The van der Waals surface area contributed by atoms with Gasteiger partial charge in [-0.1, -0.05) is 48.9 Å². The van der Waals surface area contributed by atoms with E-state index in [1.807, 2.05) is 6.92 Å². The van der Waals surface area contributed by atoms with Crippen molar-refractivity contribution >= 4 is 22.6 Å². The van der Waals surface area contributed by atoms with Crippen LogP contribution in [0.1, 0.15) is 53.4 Å². The van der Waals surface area contributed by atoms with Gasteiger partial charge in [-0.25, -0.2) is 0 Å². The molecule has 0 aromatic heterocycles. The van der Waals surface area contributed by atoms with Crippen LogP contribution in [0, 0.1) is 22.7 Å². The zero-order valence-corrected chi connectivity index (χ0v) is 17.8. The van der Waals surface area contributed by atoms with Gasteiger partial charge in [-0.05, 0) is 37.7 Å². The molecule has 3 fully saturated rings. The number of ether oxygens (including phenoxy) is 1. The average Bonchev–Trinajstić information content (AvgIpc) is 2.51. The van der Waals surface area contributed by atoms with Crippen molar-refractivity contribution < 1.29 is 20.1 Å². The van der Waals surface area contributed by atoms with Gasteiger partial charge in [-0.15, -0.1) is 0 Å². The second-order valence-corrected chi connectivity index (χ2v) is 11.0. The first kappa shape index (κ1) is 18.7. The Labute approximate surface area is 164 Å². The van der Waals surface area contributed by atoms with E-state index in [0.717, 1.165) is 12.8 Å². The summed E-state index contributed by atoms with van der Waals surface area (Å²) in [5, 5.41) is 34.2. The molecule has 0 aromatic carbocycles. The van der Waals surface area contributed by atoms with E-state index in [2.05, 4.69) is 43.4 Å². The molecular weight excluding hydrogens is 431 g/mol. The number of rotatable bonds is 0. The fraction of sp³-hybridized carbons (Fsp3) is 0.900. The Balaban J connectivity index is 1.88. The Bertz CT molecular complexity index is 617. The van der Waals surface area contributed by atoms with Crippen molar-refractivity contribution in [2.45, 2.75) is 81.2 Å². The zero-order chi connectivity index (χ0) is 18.4. The maximum atomic E-state index is 11.8. The number of allylic oxidation sites excluding steroid dienone is 1. The maximum absolute atomic E-state index is 11.8. The smallest absolute Gasteiger partial charge is 0.0776 e. The lowest BCUT2D eigenvalue weighted by Crippen LogP contribution is -2.68. The lowest BCUT2D eigenvalue weighted by atomic mass is 9.47. The number of fused-ring (bicyclic) bond motifs is 5. The van der Waals surface area contributed by atoms with E-state index in [4.69, 9.17) is 4.74 Å². The van der Waals surface area contributed by atoms with Gasteiger partial charge in [0.25, 0.3) is 0 Å². The molecule has 4 aliphatic rings. The molecule has 1 heterocycles. The Morgan fingerprint density at radius 1 is 1.20 bits per heavy atom. The molecule has 1 aliphatic heterocycles. The average molecular weight is 462 g/mol. The Morgan fingerprint density at radius 2 is 1.88 bits per heavy atom. The summed E-state index contributed by atoms with van der Waals surface area (Å²) >= 11 is 2.36.